The molecule has 0 saturated heterocycles. The van der Waals surface area contributed by atoms with Crippen LogP contribution in [0.1, 0.15) is 24.2 Å². The van der Waals surface area contributed by atoms with E-state index in [1.165, 1.54) is 5.56 Å². The molecule has 1 heterocycles. The van der Waals surface area contributed by atoms with Gasteiger partial charge in [-0.25, -0.2) is 0 Å². The molecule has 0 spiro atoms. The maximum absolute atomic E-state index is 4.37. The summed E-state index contributed by atoms with van der Waals surface area (Å²) in [6, 6.07) is 14.7. The fraction of sp³-hybridized carbons (Fsp3) is 0.312. The Bertz CT molecular complexity index is 508. The minimum atomic E-state index is 0.204. The lowest BCUT2D eigenvalue weighted by Gasteiger charge is -2.16. The van der Waals surface area contributed by atoms with Crippen LogP contribution < -0.4 is 5.32 Å². The molecule has 0 amide bonds. The summed E-state index contributed by atoms with van der Waals surface area (Å²) in [6.45, 7) is 3.08. The lowest BCUT2D eigenvalue weighted by molar-refractivity contribution is 0.402. The van der Waals surface area contributed by atoms with Gasteiger partial charge in [-0.05, 0) is 50.8 Å². The minimum Gasteiger partial charge on any atom is -0.377 e. The summed E-state index contributed by atoms with van der Waals surface area (Å²) in [5, 5.41) is 3.49. The Morgan fingerprint density at radius 2 is 2.00 bits per heavy atom. The molecule has 0 bridgehead atoms. The Labute approximate surface area is 115 Å². The van der Waals surface area contributed by atoms with Crippen molar-refractivity contribution in [3.8, 4) is 0 Å². The average Bonchev–Trinajstić information content (AvgIpc) is 2.39. The van der Waals surface area contributed by atoms with Crippen molar-refractivity contribution in [1.82, 2.24) is 9.88 Å². The van der Waals surface area contributed by atoms with Gasteiger partial charge in [0, 0.05) is 18.4 Å². The summed E-state index contributed by atoms with van der Waals surface area (Å²) in [7, 11) is 4.16. The van der Waals surface area contributed by atoms with Gasteiger partial charge in [0.1, 0.15) is 0 Å². The smallest absolute Gasteiger partial charge is 0.0657 e. The molecule has 100 valence electrons. The van der Waals surface area contributed by atoms with Gasteiger partial charge in [0.25, 0.3) is 0 Å². The van der Waals surface area contributed by atoms with Crippen molar-refractivity contribution >= 4 is 5.69 Å². The largest absolute Gasteiger partial charge is 0.377 e. The number of aromatic nitrogens is 1. The topological polar surface area (TPSA) is 28.2 Å². The molecular weight excluding hydrogens is 234 g/mol. The molecule has 2 rings (SSSR count). The first-order valence-electron chi connectivity index (χ1n) is 6.56. The zero-order valence-corrected chi connectivity index (χ0v) is 11.8. The summed E-state index contributed by atoms with van der Waals surface area (Å²) in [4.78, 5) is 6.54. The van der Waals surface area contributed by atoms with E-state index in [0.717, 1.165) is 17.9 Å². The first-order valence-corrected chi connectivity index (χ1v) is 6.56. The molecule has 3 heteroatoms. The van der Waals surface area contributed by atoms with Crippen molar-refractivity contribution < 1.29 is 0 Å². The van der Waals surface area contributed by atoms with Crippen molar-refractivity contribution in [2.45, 2.75) is 19.5 Å². The van der Waals surface area contributed by atoms with Crippen LogP contribution in [0.4, 0.5) is 5.69 Å². The summed E-state index contributed by atoms with van der Waals surface area (Å²) in [5.74, 6) is 0. The third-order valence-corrected chi connectivity index (χ3v) is 2.94. The number of nitrogens with zero attached hydrogens (tertiary/aromatic N) is 2. The summed E-state index contributed by atoms with van der Waals surface area (Å²) in [6.07, 6.45) is 1.83. The van der Waals surface area contributed by atoms with E-state index in [9.17, 15) is 0 Å². The zero-order chi connectivity index (χ0) is 13.7. The molecular formula is C16H21N3. The Balaban J connectivity index is 2.06. The van der Waals surface area contributed by atoms with Crippen molar-refractivity contribution in [3.63, 3.8) is 0 Å². The highest BCUT2D eigenvalue weighted by atomic mass is 15.0. The summed E-state index contributed by atoms with van der Waals surface area (Å²) < 4.78 is 0. The summed E-state index contributed by atoms with van der Waals surface area (Å²) >= 11 is 0. The number of rotatable bonds is 5. The van der Waals surface area contributed by atoms with E-state index >= 15 is 0 Å². The molecule has 1 aromatic heterocycles. The van der Waals surface area contributed by atoms with Gasteiger partial charge in [-0.15, -0.1) is 0 Å². The van der Waals surface area contributed by atoms with Crippen LogP contribution in [0.15, 0.2) is 48.7 Å². The van der Waals surface area contributed by atoms with Crippen molar-refractivity contribution in [3.05, 3.63) is 59.9 Å². The van der Waals surface area contributed by atoms with E-state index in [4.69, 9.17) is 0 Å². The van der Waals surface area contributed by atoms with Gasteiger partial charge in [0.15, 0.2) is 0 Å². The quantitative estimate of drug-likeness (QED) is 0.888. The Morgan fingerprint density at radius 3 is 2.68 bits per heavy atom. The van der Waals surface area contributed by atoms with Crippen LogP contribution in [0.5, 0.6) is 0 Å². The Kier molecular flexibility index (Phi) is 4.53. The van der Waals surface area contributed by atoms with E-state index in [0.29, 0.717) is 0 Å². The van der Waals surface area contributed by atoms with Crippen LogP contribution in [0.25, 0.3) is 0 Å². The second kappa shape index (κ2) is 6.34. The van der Waals surface area contributed by atoms with Crippen LogP contribution in [0.2, 0.25) is 0 Å². The van der Waals surface area contributed by atoms with Gasteiger partial charge < -0.3 is 10.2 Å². The number of hydrogen-bond donors (Lipinski definition) is 1. The number of anilines is 1. The highest BCUT2D eigenvalue weighted by Gasteiger charge is 2.06. The number of nitrogens with one attached hydrogen (secondary N) is 1. The highest BCUT2D eigenvalue weighted by molar-refractivity contribution is 5.47. The molecule has 0 radical (unpaired) electrons. The van der Waals surface area contributed by atoms with Crippen molar-refractivity contribution in [1.29, 1.82) is 0 Å². The zero-order valence-electron chi connectivity index (χ0n) is 11.8. The molecule has 2 aromatic rings. The molecule has 0 aliphatic rings. The predicted octanol–water partition coefficient (Wildman–Crippen LogP) is 3.32. The van der Waals surface area contributed by atoms with Gasteiger partial charge in [-0.2, -0.15) is 0 Å². The number of pyridine rings is 1. The molecule has 0 aliphatic carbocycles. The van der Waals surface area contributed by atoms with E-state index in [2.05, 4.69) is 60.5 Å². The van der Waals surface area contributed by atoms with Gasteiger partial charge in [-0.3, -0.25) is 4.98 Å². The van der Waals surface area contributed by atoms with Gasteiger partial charge in [0.05, 0.1) is 11.7 Å². The molecule has 0 fully saturated rings. The van der Waals surface area contributed by atoms with E-state index in [1.807, 2.05) is 24.4 Å². The maximum Gasteiger partial charge on any atom is 0.0657 e. The molecule has 1 atom stereocenters. The molecule has 19 heavy (non-hydrogen) atoms. The SMILES string of the molecule is CC(Nc1cccc(CN(C)C)c1)c1ccccn1. The highest BCUT2D eigenvalue weighted by Crippen LogP contribution is 2.18. The molecule has 3 nitrogen and oxygen atoms in total. The Morgan fingerprint density at radius 1 is 1.16 bits per heavy atom. The van der Waals surface area contributed by atoms with Gasteiger partial charge in [-0.1, -0.05) is 18.2 Å². The monoisotopic (exact) mass is 255 g/mol. The first-order chi connectivity index (χ1) is 9.15. The third kappa shape index (κ3) is 4.07. The van der Waals surface area contributed by atoms with Crippen molar-refractivity contribution in [2.75, 3.05) is 19.4 Å². The van der Waals surface area contributed by atoms with Gasteiger partial charge >= 0.3 is 0 Å². The molecule has 0 aliphatic heterocycles. The lowest BCUT2D eigenvalue weighted by Crippen LogP contribution is -2.11. The maximum atomic E-state index is 4.37. The van der Waals surface area contributed by atoms with Crippen LogP contribution in [-0.4, -0.2) is 24.0 Å². The minimum absolute atomic E-state index is 0.204. The van der Waals surface area contributed by atoms with E-state index < -0.39 is 0 Å². The lowest BCUT2D eigenvalue weighted by atomic mass is 10.1. The Hall–Kier alpha value is -1.87. The van der Waals surface area contributed by atoms with Crippen molar-refractivity contribution in [2.24, 2.45) is 0 Å². The molecule has 1 unspecified atom stereocenters. The average molecular weight is 255 g/mol. The molecule has 1 N–H and O–H groups in total. The van der Waals surface area contributed by atoms with Crippen LogP contribution in [-0.2, 0) is 6.54 Å². The third-order valence-electron chi connectivity index (χ3n) is 2.94. The molecule has 1 aromatic carbocycles. The standard InChI is InChI=1S/C16H21N3/c1-13(16-9-4-5-10-17-16)18-15-8-6-7-14(11-15)12-19(2)3/h4-11,13,18H,12H2,1-3H3. The van der Waals surface area contributed by atoms with E-state index in [-0.39, 0.29) is 6.04 Å². The van der Waals surface area contributed by atoms with Crippen LogP contribution >= 0.6 is 0 Å². The molecule has 0 saturated carbocycles. The second-order valence-electron chi connectivity index (χ2n) is 5.06. The van der Waals surface area contributed by atoms with Crippen LogP contribution in [0, 0.1) is 0 Å². The number of hydrogen-bond acceptors (Lipinski definition) is 3. The van der Waals surface area contributed by atoms with Crippen LogP contribution in [0.3, 0.4) is 0 Å². The normalized spacial score (nSPS) is 12.4. The van der Waals surface area contributed by atoms with Gasteiger partial charge in [0.2, 0.25) is 0 Å². The fourth-order valence-electron chi connectivity index (χ4n) is 2.08. The second-order valence-corrected chi connectivity index (χ2v) is 5.06. The summed E-state index contributed by atoms with van der Waals surface area (Å²) in [5.41, 5.74) is 3.50. The fourth-order valence-corrected chi connectivity index (χ4v) is 2.08. The van der Waals surface area contributed by atoms with E-state index in [1.54, 1.807) is 0 Å². The number of benzene rings is 1. The predicted molar refractivity (Wildman–Crippen MR) is 80.1 cm³/mol. The first kappa shape index (κ1) is 13.6.